The Hall–Kier alpha value is -1.42. The van der Waals surface area contributed by atoms with E-state index < -0.39 is 0 Å². The van der Waals surface area contributed by atoms with Crippen molar-refractivity contribution in [1.82, 2.24) is 10.3 Å². The number of hydrogen-bond acceptors (Lipinski definition) is 3. The second kappa shape index (κ2) is 5.07. The first kappa shape index (κ1) is 11.1. The number of carbonyl (C=O) groups excluding carboxylic acids is 1. The van der Waals surface area contributed by atoms with Crippen molar-refractivity contribution in [2.75, 3.05) is 13.2 Å². The van der Waals surface area contributed by atoms with Crippen LogP contribution in [0, 0.1) is 6.92 Å². The van der Waals surface area contributed by atoms with Gasteiger partial charge in [-0.1, -0.05) is 0 Å². The highest BCUT2D eigenvalue weighted by atomic mass is 16.5. The molecule has 16 heavy (non-hydrogen) atoms. The van der Waals surface area contributed by atoms with E-state index in [2.05, 4.69) is 17.2 Å². The Balaban J connectivity index is 1.94. The Bertz CT molecular complexity index is 356. The Labute approximate surface area is 95.0 Å². The minimum absolute atomic E-state index is 0.0700. The summed E-state index contributed by atoms with van der Waals surface area (Å²) in [4.78, 5) is 15.8. The molecule has 1 aliphatic heterocycles. The highest BCUT2D eigenvalue weighted by Crippen LogP contribution is 2.07. The normalized spacial score (nSPS) is 17.1. The zero-order chi connectivity index (χ0) is 11.4. The summed E-state index contributed by atoms with van der Waals surface area (Å²) in [5.41, 5.74) is 1.25. The van der Waals surface area contributed by atoms with Crippen molar-refractivity contribution in [1.29, 1.82) is 0 Å². The maximum atomic E-state index is 11.8. The standard InChI is InChI=1S/C12H15N2O2/c1-9-2-3-10(8-13-9)12(15)14-11-4-6-16-7-5-11/h2-3,8,11H,1,4-7H2,(H,14,15). The van der Waals surface area contributed by atoms with Gasteiger partial charge in [0.1, 0.15) is 0 Å². The monoisotopic (exact) mass is 219 g/mol. The average Bonchev–Trinajstić information content (AvgIpc) is 2.31. The van der Waals surface area contributed by atoms with Crippen LogP contribution in [0.4, 0.5) is 0 Å². The van der Waals surface area contributed by atoms with E-state index in [1.165, 1.54) is 0 Å². The van der Waals surface area contributed by atoms with E-state index in [-0.39, 0.29) is 11.9 Å². The topological polar surface area (TPSA) is 51.2 Å². The molecule has 0 unspecified atom stereocenters. The van der Waals surface area contributed by atoms with Gasteiger partial charge in [-0.15, -0.1) is 0 Å². The Kier molecular flexibility index (Phi) is 3.51. The number of amides is 1. The number of aromatic nitrogens is 1. The van der Waals surface area contributed by atoms with Crippen LogP contribution in [0.1, 0.15) is 28.9 Å². The van der Waals surface area contributed by atoms with Crippen LogP contribution in [-0.2, 0) is 4.74 Å². The second-order valence-electron chi connectivity index (χ2n) is 3.90. The van der Waals surface area contributed by atoms with E-state index in [9.17, 15) is 4.79 Å². The fourth-order valence-electron chi connectivity index (χ4n) is 1.67. The van der Waals surface area contributed by atoms with E-state index in [0.29, 0.717) is 11.3 Å². The first-order valence-electron chi connectivity index (χ1n) is 5.42. The number of nitrogens with zero attached hydrogens (tertiary/aromatic N) is 1. The predicted octanol–water partition coefficient (Wildman–Crippen LogP) is 1.17. The summed E-state index contributed by atoms with van der Waals surface area (Å²) in [6.07, 6.45) is 3.32. The summed E-state index contributed by atoms with van der Waals surface area (Å²) in [7, 11) is 0. The van der Waals surface area contributed by atoms with Gasteiger partial charge in [-0.2, -0.15) is 0 Å². The highest BCUT2D eigenvalue weighted by molar-refractivity contribution is 5.94. The molecule has 2 rings (SSSR count). The zero-order valence-electron chi connectivity index (χ0n) is 9.11. The van der Waals surface area contributed by atoms with Gasteiger partial charge >= 0.3 is 0 Å². The Morgan fingerprint density at radius 1 is 1.44 bits per heavy atom. The van der Waals surface area contributed by atoms with Crippen LogP contribution in [-0.4, -0.2) is 30.1 Å². The van der Waals surface area contributed by atoms with Gasteiger partial charge in [0, 0.05) is 31.1 Å². The average molecular weight is 219 g/mol. The third kappa shape index (κ3) is 2.79. The van der Waals surface area contributed by atoms with Crippen LogP contribution in [0.2, 0.25) is 0 Å². The molecule has 0 aliphatic carbocycles. The Morgan fingerprint density at radius 3 is 2.81 bits per heavy atom. The van der Waals surface area contributed by atoms with Crippen LogP contribution in [0.25, 0.3) is 0 Å². The first-order valence-corrected chi connectivity index (χ1v) is 5.42. The molecule has 0 bridgehead atoms. The summed E-state index contributed by atoms with van der Waals surface area (Å²) < 4.78 is 5.23. The smallest absolute Gasteiger partial charge is 0.253 e. The molecule has 0 saturated carbocycles. The number of hydrogen-bond donors (Lipinski definition) is 1. The molecule has 4 nitrogen and oxygen atoms in total. The SMILES string of the molecule is [CH2]c1ccc(C(=O)NC2CCOCC2)cn1. The molecule has 1 aliphatic rings. The van der Waals surface area contributed by atoms with Crippen LogP contribution in [0.5, 0.6) is 0 Å². The van der Waals surface area contributed by atoms with Gasteiger partial charge in [0.2, 0.25) is 0 Å². The summed E-state index contributed by atoms with van der Waals surface area (Å²) >= 11 is 0. The number of pyridine rings is 1. The molecular formula is C12H15N2O2. The molecular weight excluding hydrogens is 204 g/mol. The molecule has 1 fully saturated rings. The van der Waals surface area contributed by atoms with Gasteiger partial charge < -0.3 is 10.1 Å². The molecule has 4 heteroatoms. The molecule has 1 radical (unpaired) electrons. The second-order valence-corrected chi connectivity index (χ2v) is 3.90. The third-order valence-corrected chi connectivity index (χ3v) is 2.64. The largest absolute Gasteiger partial charge is 0.381 e. The van der Waals surface area contributed by atoms with Crippen molar-refractivity contribution in [3.05, 3.63) is 36.5 Å². The van der Waals surface area contributed by atoms with Crippen LogP contribution in [0.3, 0.4) is 0 Å². The van der Waals surface area contributed by atoms with Gasteiger partial charge in [0.25, 0.3) is 5.91 Å². The van der Waals surface area contributed by atoms with Gasteiger partial charge in [-0.05, 0) is 31.9 Å². The van der Waals surface area contributed by atoms with E-state index in [0.717, 1.165) is 26.1 Å². The van der Waals surface area contributed by atoms with Gasteiger partial charge in [0.15, 0.2) is 0 Å². The van der Waals surface area contributed by atoms with Gasteiger partial charge in [-0.3, -0.25) is 9.78 Å². The minimum atomic E-state index is -0.0700. The van der Waals surface area contributed by atoms with E-state index in [1.807, 2.05) is 0 Å². The predicted molar refractivity (Wildman–Crippen MR) is 60.0 cm³/mol. The molecule has 85 valence electrons. The number of carbonyl (C=O) groups is 1. The summed E-state index contributed by atoms with van der Waals surface area (Å²) in [5, 5.41) is 2.98. The fraction of sp³-hybridized carbons (Fsp3) is 0.417. The zero-order valence-corrected chi connectivity index (χ0v) is 9.11. The molecule has 1 saturated heterocycles. The molecule has 0 atom stereocenters. The van der Waals surface area contributed by atoms with E-state index in [4.69, 9.17) is 4.74 Å². The lowest BCUT2D eigenvalue weighted by Crippen LogP contribution is -2.38. The van der Waals surface area contributed by atoms with Crippen LogP contribution >= 0.6 is 0 Å². The summed E-state index contributed by atoms with van der Waals surface area (Å²) in [6, 6.07) is 3.70. The molecule has 0 aromatic carbocycles. The Morgan fingerprint density at radius 2 is 2.19 bits per heavy atom. The maximum absolute atomic E-state index is 11.8. The van der Waals surface area contributed by atoms with E-state index in [1.54, 1.807) is 18.3 Å². The van der Waals surface area contributed by atoms with Crippen molar-refractivity contribution < 1.29 is 9.53 Å². The van der Waals surface area contributed by atoms with Crippen LogP contribution in [0.15, 0.2) is 18.3 Å². The highest BCUT2D eigenvalue weighted by Gasteiger charge is 2.16. The van der Waals surface area contributed by atoms with Crippen molar-refractivity contribution in [3.63, 3.8) is 0 Å². The molecule has 0 spiro atoms. The fourth-order valence-corrected chi connectivity index (χ4v) is 1.67. The lowest BCUT2D eigenvalue weighted by atomic mass is 10.1. The first-order chi connectivity index (χ1) is 7.75. The lowest BCUT2D eigenvalue weighted by molar-refractivity contribution is 0.0696. The van der Waals surface area contributed by atoms with Gasteiger partial charge in [-0.25, -0.2) is 0 Å². The molecule has 1 aromatic heterocycles. The number of nitrogens with one attached hydrogen (secondary N) is 1. The minimum Gasteiger partial charge on any atom is -0.381 e. The van der Waals surface area contributed by atoms with Crippen molar-refractivity contribution in [2.45, 2.75) is 18.9 Å². The molecule has 2 heterocycles. The quantitative estimate of drug-likeness (QED) is 0.812. The lowest BCUT2D eigenvalue weighted by Gasteiger charge is -2.23. The molecule has 1 amide bonds. The third-order valence-electron chi connectivity index (χ3n) is 2.64. The summed E-state index contributed by atoms with van der Waals surface area (Å²) in [6.45, 7) is 5.12. The van der Waals surface area contributed by atoms with Crippen molar-refractivity contribution in [2.24, 2.45) is 0 Å². The van der Waals surface area contributed by atoms with E-state index >= 15 is 0 Å². The molecule has 1 aromatic rings. The number of rotatable bonds is 2. The van der Waals surface area contributed by atoms with Crippen molar-refractivity contribution in [3.8, 4) is 0 Å². The van der Waals surface area contributed by atoms with Crippen LogP contribution < -0.4 is 5.32 Å². The van der Waals surface area contributed by atoms with Gasteiger partial charge in [0.05, 0.1) is 5.56 Å². The van der Waals surface area contributed by atoms with Crippen molar-refractivity contribution >= 4 is 5.91 Å². The molecule has 1 N–H and O–H groups in total. The maximum Gasteiger partial charge on any atom is 0.253 e. The number of ether oxygens (including phenoxy) is 1. The summed E-state index contributed by atoms with van der Waals surface area (Å²) in [5.74, 6) is -0.0700.